The molecule has 5 heterocycles. The minimum Gasteiger partial charge on any atom is -0.469 e. The van der Waals surface area contributed by atoms with E-state index >= 15 is 0 Å². The number of hydrogen-bond acceptors (Lipinski definition) is 11. The van der Waals surface area contributed by atoms with Crippen molar-refractivity contribution >= 4 is 11.8 Å². The zero-order valence-corrected chi connectivity index (χ0v) is 35.6. The van der Waals surface area contributed by atoms with E-state index in [2.05, 4.69) is 20.8 Å². The molecule has 6 rings (SSSR count). The molecule has 1 saturated carbocycles. The molecule has 0 amide bonds. The van der Waals surface area contributed by atoms with Gasteiger partial charge in [-0.15, -0.1) is 0 Å². The van der Waals surface area contributed by atoms with Crippen molar-refractivity contribution in [2.75, 3.05) is 7.11 Å². The highest BCUT2D eigenvalue weighted by atomic mass is 16.8. The molecule has 5 aliphatic heterocycles. The summed E-state index contributed by atoms with van der Waals surface area (Å²) in [5.41, 5.74) is -1.57. The van der Waals surface area contributed by atoms with Crippen LogP contribution in [0.15, 0.2) is 0 Å². The Morgan fingerprint density at radius 1 is 0.873 bits per heavy atom. The van der Waals surface area contributed by atoms with E-state index in [0.717, 1.165) is 25.7 Å². The summed E-state index contributed by atoms with van der Waals surface area (Å²) in [7, 11) is 1.40. The van der Waals surface area contributed by atoms with Crippen molar-refractivity contribution in [3.63, 3.8) is 0 Å². The molecule has 20 atom stereocenters. The molecule has 55 heavy (non-hydrogen) atoms. The second-order valence-corrected chi connectivity index (χ2v) is 19.2. The van der Waals surface area contributed by atoms with E-state index in [0.29, 0.717) is 44.9 Å². The van der Waals surface area contributed by atoms with Crippen molar-refractivity contribution in [3.05, 3.63) is 0 Å². The number of ketones is 1. The predicted molar refractivity (Wildman–Crippen MR) is 205 cm³/mol. The third-order valence-corrected chi connectivity index (χ3v) is 15.9. The predicted octanol–water partition coefficient (Wildman–Crippen LogP) is 6.36. The van der Waals surface area contributed by atoms with Crippen LogP contribution >= 0.6 is 0 Å². The van der Waals surface area contributed by atoms with Gasteiger partial charge in [0, 0.05) is 36.0 Å². The van der Waals surface area contributed by atoms with E-state index in [-0.39, 0.29) is 77.6 Å². The summed E-state index contributed by atoms with van der Waals surface area (Å²) in [5.74, 6) is -4.23. The molecular weight excluding hydrogens is 704 g/mol. The van der Waals surface area contributed by atoms with Crippen molar-refractivity contribution in [2.45, 2.75) is 205 Å². The Bertz CT molecular complexity index is 1370. The highest BCUT2D eigenvalue weighted by molar-refractivity contribution is 5.84. The molecule has 5 saturated heterocycles. The fourth-order valence-electron chi connectivity index (χ4n) is 11.9. The minimum atomic E-state index is -1.26. The molecule has 0 aromatic heterocycles. The molecule has 11 nitrogen and oxygen atoms in total. The van der Waals surface area contributed by atoms with Gasteiger partial charge >= 0.3 is 5.97 Å². The number of esters is 1. The summed E-state index contributed by atoms with van der Waals surface area (Å²) >= 11 is 0. The lowest BCUT2D eigenvalue weighted by atomic mass is 9.72. The monoisotopic (exact) mass is 779 g/mol. The molecule has 6 aliphatic rings. The van der Waals surface area contributed by atoms with Crippen LogP contribution < -0.4 is 0 Å². The molecule has 0 aromatic carbocycles. The fourth-order valence-corrected chi connectivity index (χ4v) is 11.9. The lowest BCUT2D eigenvalue weighted by Crippen LogP contribution is -2.66. The van der Waals surface area contributed by atoms with E-state index < -0.39 is 52.9 Å². The second kappa shape index (κ2) is 16.1. The average molecular weight is 779 g/mol. The number of fused-ring (bicyclic) bond motifs is 2. The van der Waals surface area contributed by atoms with Crippen LogP contribution in [0, 0.1) is 53.3 Å². The van der Waals surface area contributed by atoms with Crippen molar-refractivity contribution < 1.29 is 53.3 Å². The summed E-state index contributed by atoms with van der Waals surface area (Å²) in [6.07, 6.45) is 4.00. The molecular formula is C44H74O11. The summed E-state index contributed by atoms with van der Waals surface area (Å²) in [6, 6.07) is 0. The quantitative estimate of drug-likeness (QED) is 0.190. The maximum Gasteiger partial charge on any atom is 0.311 e. The number of ether oxygens (including phenoxy) is 6. The van der Waals surface area contributed by atoms with Crippen LogP contribution in [-0.4, -0.2) is 99.7 Å². The van der Waals surface area contributed by atoms with E-state index in [4.69, 9.17) is 28.4 Å². The SMILES string of the molecule is CC[C@@H](C(=O)[C@@H](C)[C@@H](O)[C@H](C)[C@@H]1O[C@@H]([C@@H](CC)C(=O)OC)CC[C@@H]1C)[C@H]1O[C@@]2(O[C@@]3(CC[C@@](C)([C@H]4CC[C@](O)(CC)[C@H](C)O4)O3)[C@H](O)C3CC32)[C@H](C)C[C@@H]1C. The van der Waals surface area contributed by atoms with Gasteiger partial charge in [0.05, 0.1) is 60.9 Å². The van der Waals surface area contributed by atoms with Crippen molar-refractivity contribution in [2.24, 2.45) is 53.3 Å². The maximum absolute atomic E-state index is 14.6. The highest BCUT2D eigenvalue weighted by Gasteiger charge is 2.74. The minimum absolute atomic E-state index is 0.00422. The Morgan fingerprint density at radius 3 is 2.18 bits per heavy atom. The van der Waals surface area contributed by atoms with Crippen LogP contribution in [-0.2, 0) is 38.0 Å². The fraction of sp³-hybridized carbons (Fsp3) is 0.955. The number of rotatable bonds is 12. The molecule has 1 aliphatic carbocycles. The summed E-state index contributed by atoms with van der Waals surface area (Å²) in [6.45, 7) is 20.2. The van der Waals surface area contributed by atoms with Gasteiger partial charge < -0.3 is 43.7 Å². The third kappa shape index (κ3) is 7.51. The van der Waals surface area contributed by atoms with Gasteiger partial charge in [0.25, 0.3) is 0 Å². The van der Waals surface area contributed by atoms with Crippen molar-refractivity contribution in [3.8, 4) is 0 Å². The van der Waals surface area contributed by atoms with Gasteiger partial charge in [0.2, 0.25) is 0 Å². The third-order valence-electron chi connectivity index (χ3n) is 15.9. The Morgan fingerprint density at radius 2 is 1.56 bits per heavy atom. The second-order valence-electron chi connectivity index (χ2n) is 19.2. The Labute approximate surface area is 330 Å². The smallest absolute Gasteiger partial charge is 0.311 e. The molecule has 6 fully saturated rings. The van der Waals surface area contributed by atoms with Gasteiger partial charge in [0.1, 0.15) is 11.9 Å². The number of methoxy groups -OCH3 is 1. The molecule has 3 N–H and O–H groups in total. The molecule has 2 unspecified atom stereocenters. The van der Waals surface area contributed by atoms with Crippen LogP contribution in [0.1, 0.15) is 140 Å². The van der Waals surface area contributed by atoms with Crippen LogP contribution in [0.4, 0.5) is 0 Å². The number of aliphatic hydroxyl groups is 3. The van der Waals surface area contributed by atoms with E-state index in [1.165, 1.54) is 7.11 Å². The number of carbonyl (C=O) groups is 2. The van der Waals surface area contributed by atoms with Crippen LogP contribution in [0.5, 0.6) is 0 Å². The van der Waals surface area contributed by atoms with Gasteiger partial charge in [0.15, 0.2) is 11.6 Å². The molecule has 11 heteroatoms. The zero-order valence-electron chi connectivity index (χ0n) is 35.6. The summed E-state index contributed by atoms with van der Waals surface area (Å²) in [4.78, 5) is 27.1. The summed E-state index contributed by atoms with van der Waals surface area (Å²) in [5, 5.41) is 34.8. The maximum atomic E-state index is 14.6. The van der Waals surface area contributed by atoms with Crippen LogP contribution in [0.25, 0.3) is 0 Å². The molecule has 0 radical (unpaired) electrons. The van der Waals surface area contributed by atoms with E-state index in [1.807, 2.05) is 48.5 Å². The van der Waals surface area contributed by atoms with Crippen LogP contribution in [0.2, 0.25) is 0 Å². The average Bonchev–Trinajstić information content (AvgIpc) is 3.91. The lowest BCUT2D eigenvalue weighted by Gasteiger charge is -2.56. The topological polar surface area (TPSA) is 150 Å². The molecule has 2 spiro atoms. The largest absolute Gasteiger partial charge is 0.469 e. The van der Waals surface area contributed by atoms with Gasteiger partial charge in [-0.3, -0.25) is 9.59 Å². The van der Waals surface area contributed by atoms with E-state index in [1.54, 1.807) is 0 Å². The number of hydrogen-bond donors (Lipinski definition) is 3. The Balaban J connectivity index is 1.18. The van der Waals surface area contributed by atoms with Crippen LogP contribution in [0.3, 0.4) is 0 Å². The Kier molecular flexibility index (Phi) is 12.7. The molecule has 316 valence electrons. The van der Waals surface area contributed by atoms with Gasteiger partial charge in [-0.25, -0.2) is 0 Å². The first kappa shape index (κ1) is 43.4. The standard InChI is InChI=1S/C44H74O11/c1-12-29(40(48)50-11)33-16-15-23(4)37(52-33)27(8)35(45)26(7)36(46)30(13-2)38-24(5)21-25(6)44(53-38)32-22-31(32)39(47)43(55-44)20-19-41(10,54-43)34-17-18-42(49,14-3)28(9)51-34/h23-35,37-39,45,47,49H,12-22H2,1-11H3/t23-,24-,25+,26-,27-,28-,29+,30-,31?,32?,33+,34+,35+,37+,38-,39+,41-,42+,43-,44+/m0/s1. The lowest BCUT2D eigenvalue weighted by molar-refractivity contribution is -0.446. The summed E-state index contributed by atoms with van der Waals surface area (Å²) < 4.78 is 39.5. The van der Waals surface area contributed by atoms with E-state index in [9.17, 15) is 24.9 Å². The number of Topliss-reactive ketones (excluding diaryl/α,β-unsaturated/α-hetero) is 1. The first-order chi connectivity index (χ1) is 25.9. The first-order valence-electron chi connectivity index (χ1n) is 21.9. The first-order valence-corrected chi connectivity index (χ1v) is 21.9. The normalized spacial score (nSPS) is 48.4. The van der Waals surface area contributed by atoms with Crippen molar-refractivity contribution in [1.29, 1.82) is 0 Å². The number of aliphatic hydroxyl groups excluding tert-OH is 2. The van der Waals surface area contributed by atoms with Gasteiger partial charge in [-0.2, -0.15) is 0 Å². The van der Waals surface area contributed by atoms with Gasteiger partial charge in [-0.1, -0.05) is 55.4 Å². The van der Waals surface area contributed by atoms with Crippen molar-refractivity contribution in [1.82, 2.24) is 0 Å². The highest BCUT2D eigenvalue weighted by Crippen LogP contribution is 2.66. The molecule has 0 aromatic rings. The zero-order chi connectivity index (χ0) is 40.4. The molecule has 0 bridgehead atoms. The van der Waals surface area contributed by atoms with Gasteiger partial charge in [-0.05, 0) is 95.8 Å². The Hall–Kier alpha value is -1.18. The number of carbonyl (C=O) groups excluding carboxylic acids is 2.